The quantitative estimate of drug-likeness (QED) is 0.454. The van der Waals surface area contributed by atoms with Crippen LogP contribution >= 0.6 is 0 Å². The van der Waals surface area contributed by atoms with Gasteiger partial charge in [-0.2, -0.15) is 0 Å². The summed E-state index contributed by atoms with van der Waals surface area (Å²) in [5, 5.41) is 2.73. The van der Waals surface area contributed by atoms with Crippen LogP contribution in [-0.2, 0) is 9.53 Å². The molecule has 1 aliphatic heterocycles. The van der Waals surface area contributed by atoms with Gasteiger partial charge in [0, 0.05) is 11.8 Å². The second kappa shape index (κ2) is 8.66. The first-order valence-electron chi connectivity index (χ1n) is 10.4. The molecule has 0 aliphatic carbocycles. The van der Waals surface area contributed by atoms with Crippen molar-refractivity contribution in [3.05, 3.63) is 72.3 Å². The van der Waals surface area contributed by atoms with E-state index in [-0.39, 0.29) is 5.56 Å². The van der Waals surface area contributed by atoms with E-state index in [2.05, 4.69) is 10.3 Å². The lowest BCUT2D eigenvalue weighted by Crippen LogP contribution is -2.30. The molecule has 1 amide bonds. The summed E-state index contributed by atoms with van der Waals surface area (Å²) >= 11 is 0. The minimum absolute atomic E-state index is 0.253. The van der Waals surface area contributed by atoms with Crippen LogP contribution in [0.5, 0.6) is 11.5 Å². The molecule has 4 aromatic rings. The molecule has 3 aromatic carbocycles. The summed E-state index contributed by atoms with van der Waals surface area (Å²) in [6, 6.07) is 19.2. The minimum atomic E-state index is -1.04. The number of amides is 1. The summed E-state index contributed by atoms with van der Waals surface area (Å²) < 4.78 is 22.3. The van der Waals surface area contributed by atoms with Crippen LogP contribution in [0.1, 0.15) is 17.3 Å². The Morgan fingerprint density at radius 3 is 2.58 bits per heavy atom. The van der Waals surface area contributed by atoms with Crippen molar-refractivity contribution < 1.29 is 28.2 Å². The SMILES string of the molecule is CC(OC(=O)c1ccccc1-c1nc2ccccc2o1)C(=O)Nc1ccc2c(c1)OCCO2. The first kappa shape index (κ1) is 20.6. The van der Waals surface area contributed by atoms with Crippen LogP contribution in [0.2, 0.25) is 0 Å². The molecule has 0 bridgehead atoms. The average Bonchev–Trinajstić information content (AvgIpc) is 3.28. The van der Waals surface area contributed by atoms with Crippen molar-refractivity contribution in [2.75, 3.05) is 18.5 Å². The number of hydrogen-bond donors (Lipinski definition) is 1. The highest BCUT2D eigenvalue weighted by molar-refractivity contribution is 6.00. The normalized spacial score (nSPS) is 13.4. The third-order valence-corrected chi connectivity index (χ3v) is 5.13. The molecule has 1 unspecified atom stereocenters. The molecule has 8 nitrogen and oxygen atoms in total. The van der Waals surface area contributed by atoms with Crippen molar-refractivity contribution in [2.45, 2.75) is 13.0 Å². The number of para-hydroxylation sites is 2. The van der Waals surface area contributed by atoms with E-state index in [4.69, 9.17) is 18.6 Å². The molecule has 0 saturated heterocycles. The number of nitrogens with zero attached hydrogens (tertiary/aromatic N) is 1. The first-order chi connectivity index (χ1) is 16.1. The predicted octanol–water partition coefficient (Wildman–Crippen LogP) is 4.45. The Labute approximate surface area is 189 Å². The maximum absolute atomic E-state index is 12.9. The number of oxazole rings is 1. The Bertz CT molecular complexity index is 1310. The number of rotatable bonds is 5. The van der Waals surface area contributed by atoms with E-state index in [1.807, 2.05) is 18.2 Å². The van der Waals surface area contributed by atoms with E-state index in [9.17, 15) is 9.59 Å². The van der Waals surface area contributed by atoms with Gasteiger partial charge in [0.2, 0.25) is 5.89 Å². The molecule has 166 valence electrons. The Morgan fingerprint density at radius 2 is 1.73 bits per heavy atom. The van der Waals surface area contributed by atoms with Gasteiger partial charge in [-0.25, -0.2) is 9.78 Å². The number of hydrogen-bond acceptors (Lipinski definition) is 7. The average molecular weight is 444 g/mol. The van der Waals surface area contributed by atoms with Gasteiger partial charge in [0.15, 0.2) is 23.2 Å². The van der Waals surface area contributed by atoms with Gasteiger partial charge in [0.1, 0.15) is 18.7 Å². The fourth-order valence-corrected chi connectivity index (χ4v) is 3.48. The van der Waals surface area contributed by atoms with Crippen LogP contribution in [0.25, 0.3) is 22.6 Å². The highest BCUT2D eigenvalue weighted by Gasteiger charge is 2.23. The van der Waals surface area contributed by atoms with Gasteiger partial charge in [-0.3, -0.25) is 4.79 Å². The van der Waals surface area contributed by atoms with Crippen molar-refractivity contribution in [3.63, 3.8) is 0 Å². The van der Waals surface area contributed by atoms with Crippen molar-refractivity contribution >= 4 is 28.7 Å². The first-order valence-corrected chi connectivity index (χ1v) is 10.4. The number of ether oxygens (including phenoxy) is 3. The highest BCUT2D eigenvalue weighted by Crippen LogP contribution is 2.33. The molecular weight excluding hydrogens is 424 g/mol. The molecule has 0 fully saturated rings. The third-order valence-electron chi connectivity index (χ3n) is 5.13. The van der Waals surface area contributed by atoms with Crippen LogP contribution in [0.3, 0.4) is 0 Å². The fraction of sp³-hybridized carbons (Fsp3) is 0.160. The minimum Gasteiger partial charge on any atom is -0.486 e. The van der Waals surface area contributed by atoms with Crippen LogP contribution in [-0.4, -0.2) is 36.2 Å². The highest BCUT2D eigenvalue weighted by atomic mass is 16.6. The smallest absolute Gasteiger partial charge is 0.339 e. The van der Waals surface area contributed by atoms with E-state index in [1.54, 1.807) is 48.5 Å². The Balaban J connectivity index is 1.31. The van der Waals surface area contributed by atoms with Crippen molar-refractivity contribution in [2.24, 2.45) is 0 Å². The molecule has 0 radical (unpaired) electrons. The lowest BCUT2D eigenvalue weighted by Gasteiger charge is -2.19. The Kier molecular flexibility index (Phi) is 5.40. The zero-order valence-electron chi connectivity index (χ0n) is 17.7. The van der Waals surface area contributed by atoms with Gasteiger partial charge in [0.25, 0.3) is 5.91 Å². The number of fused-ring (bicyclic) bond motifs is 2. The summed E-state index contributed by atoms with van der Waals surface area (Å²) in [5.41, 5.74) is 2.55. The zero-order valence-corrected chi connectivity index (χ0v) is 17.7. The maximum Gasteiger partial charge on any atom is 0.339 e. The summed E-state index contributed by atoms with van der Waals surface area (Å²) in [4.78, 5) is 30.0. The van der Waals surface area contributed by atoms with Crippen molar-refractivity contribution in [3.8, 4) is 23.0 Å². The van der Waals surface area contributed by atoms with E-state index >= 15 is 0 Å². The van der Waals surface area contributed by atoms with Crippen LogP contribution in [0.4, 0.5) is 5.69 Å². The summed E-state index contributed by atoms with van der Waals surface area (Å²) in [6.45, 7) is 2.43. The lowest BCUT2D eigenvalue weighted by molar-refractivity contribution is -0.123. The monoisotopic (exact) mass is 444 g/mol. The molecule has 1 atom stereocenters. The van der Waals surface area contributed by atoms with Crippen LogP contribution < -0.4 is 14.8 Å². The standard InChI is InChI=1S/C25H20N2O6/c1-15(23(28)26-16-10-11-21-22(14-16)31-13-12-30-21)32-25(29)18-7-3-2-6-17(18)24-27-19-8-4-5-9-20(19)33-24/h2-11,14-15H,12-13H2,1H3,(H,26,28). The zero-order chi connectivity index (χ0) is 22.8. The fourth-order valence-electron chi connectivity index (χ4n) is 3.48. The van der Waals surface area contributed by atoms with E-state index in [0.717, 1.165) is 0 Å². The van der Waals surface area contributed by atoms with Gasteiger partial charge >= 0.3 is 5.97 Å². The number of esters is 1. The van der Waals surface area contributed by atoms with Gasteiger partial charge in [-0.05, 0) is 43.3 Å². The number of carbonyl (C=O) groups is 2. The molecule has 5 rings (SSSR count). The largest absolute Gasteiger partial charge is 0.486 e. The topological polar surface area (TPSA) is 99.9 Å². The second-order valence-electron chi connectivity index (χ2n) is 7.43. The van der Waals surface area contributed by atoms with E-state index < -0.39 is 18.0 Å². The number of anilines is 1. The van der Waals surface area contributed by atoms with Crippen LogP contribution in [0, 0.1) is 0 Å². The Hall–Kier alpha value is -4.33. The molecule has 1 N–H and O–H groups in total. The van der Waals surface area contributed by atoms with Gasteiger partial charge < -0.3 is 23.9 Å². The second-order valence-corrected chi connectivity index (χ2v) is 7.43. The number of carbonyl (C=O) groups excluding carboxylic acids is 2. The molecule has 1 aliphatic rings. The van der Waals surface area contributed by atoms with Gasteiger partial charge in [-0.15, -0.1) is 0 Å². The molecule has 0 spiro atoms. The predicted molar refractivity (Wildman–Crippen MR) is 120 cm³/mol. The molecule has 0 saturated carbocycles. The summed E-state index contributed by atoms with van der Waals surface area (Å²) in [6.07, 6.45) is -1.04. The van der Waals surface area contributed by atoms with Crippen molar-refractivity contribution in [1.82, 2.24) is 4.98 Å². The summed E-state index contributed by atoms with van der Waals surface area (Å²) in [7, 11) is 0. The van der Waals surface area contributed by atoms with Gasteiger partial charge in [-0.1, -0.05) is 24.3 Å². The molecule has 8 heteroatoms. The molecule has 33 heavy (non-hydrogen) atoms. The van der Waals surface area contributed by atoms with E-state index in [0.29, 0.717) is 53.0 Å². The Morgan fingerprint density at radius 1 is 0.970 bits per heavy atom. The lowest BCUT2D eigenvalue weighted by atomic mass is 10.1. The van der Waals surface area contributed by atoms with Gasteiger partial charge in [0.05, 0.1) is 11.1 Å². The number of aromatic nitrogens is 1. The summed E-state index contributed by atoms with van der Waals surface area (Å²) in [5.74, 6) is 0.347. The maximum atomic E-state index is 12.9. The molecule has 2 heterocycles. The third kappa shape index (κ3) is 4.23. The van der Waals surface area contributed by atoms with E-state index in [1.165, 1.54) is 6.92 Å². The molecule has 1 aromatic heterocycles. The van der Waals surface area contributed by atoms with Crippen LogP contribution in [0.15, 0.2) is 71.1 Å². The number of nitrogens with one attached hydrogen (secondary N) is 1. The van der Waals surface area contributed by atoms with Crippen molar-refractivity contribution in [1.29, 1.82) is 0 Å². The molecular formula is C25H20N2O6. The number of benzene rings is 3.